The van der Waals surface area contributed by atoms with Gasteiger partial charge in [-0.15, -0.1) is 0 Å². The molecule has 0 radical (unpaired) electrons. The maximum absolute atomic E-state index is 11.8. The maximum atomic E-state index is 11.8. The van der Waals surface area contributed by atoms with E-state index in [1.54, 1.807) is 0 Å². The molecule has 0 saturated heterocycles. The Bertz CT molecular complexity index is 361. The smallest absolute Gasteiger partial charge is 0.237 e. The summed E-state index contributed by atoms with van der Waals surface area (Å²) in [7, 11) is 0. The topological polar surface area (TPSA) is 34.1 Å². The average molecular weight is 263 g/mol. The van der Waals surface area contributed by atoms with E-state index in [9.17, 15) is 9.59 Å². The lowest BCUT2D eigenvalue weighted by Crippen LogP contribution is -2.49. The molecule has 2 bridgehead atoms. The molecule has 2 aliphatic carbocycles. The third-order valence-corrected chi connectivity index (χ3v) is 6.25. The Balaban J connectivity index is 2.62. The number of rotatable bonds is 2. The van der Waals surface area contributed by atoms with Gasteiger partial charge in [-0.25, -0.2) is 0 Å². The molecule has 0 heterocycles. The van der Waals surface area contributed by atoms with Gasteiger partial charge in [0, 0.05) is 0 Å². The van der Waals surface area contributed by atoms with E-state index in [0.717, 1.165) is 12.8 Å². The van der Waals surface area contributed by atoms with Gasteiger partial charge in [0.05, 0.1) is 0 Å². The number of hydrogen-bond acceptors (Lipinski definition) is 2. The largest absolute Gasteiger partial charge is 0.280 e. The minimum atomic E-state index is -1.16. The molecule has 2 aliphatic rings. The first-order valence-electron chi connectivity index (χ1n) is 5.60. The summed E-state index contributed by atoms with van der Waals surface area (Å²) in [5.74, 6) is 0.364. The molecule has 2 saturated carbocycles. The number of carbonyl (C=O) groups is 2. The van der Waals surface area contributed by atoms with Gasteiger partial charge in [-0.3, -0.25) is 9.59 Å². The predicted octanol–water partition coefficient (Wildman–Crippen LogP) is 3.35. The van der Waals surface area contributed by atoms with E-state index in [4.69, 9.17) is 23.2 Å². The summed E-state index contributed by atoms with van der Waals surface area (Å²) in [6, 6.07) is 0. The van der Waals surface area contributed by atoms with Crippen LogP contribution in [-0.4, -0.2) is 10.5 Å². The van der Waals surface area contributed by atoms with Crippen molar-refractivity contribution in [1.29, 1.82) is 0 Å². The monoisotopic (exact) mass is 262 g/mol. The van der Waals surface area contributed by atoms with Crippen molar-refractivity contribution < 1.29 is 9.59 Å². The summed E-state index contributed by atoms with van der Waals surface area (Å²) in [4.78, 5) is 23.5. The summed E-state index contributed by atoms with van der Waals surface area (Å²) >= 11 is 11.4. The first kappa shape index (κ1) is 12.4. The summed E-state index contributed by atoms with van der Waals surface area (Å²) in [5.41, 5.74) is -1.62. The number of carbonyl (C=O) groups excluding carboxylic acids is 2. The first-order chi connectivity index (χ1) is 7.20. The van der Waals surface area contributed by atoms with Crippen LogP contribution in [0.4, 0.5) is 0 Å². The highest BCUT2D eigenvalue weighted by atomic mass is 35.5. The first-order valence-corrected chi connectivity index (χ1v) is 6.35. The second kappa shape index (κ2) is 3.23. The van der Waals surface area contributed by atoms with Crippen molar-refractivity contribution in [3.05, 3.63) is 0 Å². The lowest BCUT2D eigenvalue weighted by Gasteiger charge is -2.44. The quantitative estimate of drug-likeness (QED) is 0.565. The standard InChI is InChI=1S/C12H16Cl2O2/c1-10(2)7-4-5-11(10,3)12(6-7,8(13)15)9(14)16/h7H,4-6H2,1-3H3. The SMILES string of the molecule is CC1(C)C2CCC1(C)C(C(=O)Cl)(C(=O)Cl)C2. The zero-order valence-electron chi connectivity index (χ0n) is 9.77. The summed E-state index contributed by atoms with van der Waals surface area (Å²) in [6.07, 6.45) is 2.42. The van der Waals surface area contributed by atoms with Crippen molar-refractivity contribution in [3.8, 4) is 0 Å². The van der Waals surface area contributed by atoms with Crippen LogP contribution >= 0.6 is 23.2 Å². The fraction of sp³-hybridized carbons (Fsp3) is 0.833. The van der Waals surface area contributed by atoms with Crippen LogP contribution in [0, 0.1) is 22.2 Å². The maximum Gasteiger partial charge on any atom is 0.237 e. The molecule has 0 aromatic carbocycles. The molecule has 2 fully saturated rings. The number of hydrogen-bond donors (Lipinski definition) is 0. The molecule has 2 rings (SSSR count). The lowest BCUT2D eigenvalue weighted by atomic mass is 9.59. The Hall–Kier alpha value is -0.0800. The van der Waals surface area contributed by atoms with Crippen LogP contribution in [0.15, 0.2) is 0 Å². The van der Waals surface area contributed by atoms with Gasteiger partial charge in [0.25, 0.3) is 0 Å². The van der Waals surface area contributed by atoms with E-state index >= 15 is 0 Å². The Kier molecular flexibility index (Phi) is 2.50. The third-order valence-electron chi connectivity index (χ3n) is 5.60. The van der Waals surface area contributed by atoms with E-state index in [1.807, 2.05) is 6.92 Å². The third kappa shape index (κ3) is 1.06. The minimum Gasteiger partial charge on any atom is -0.280 e. The van der Waals surface area contributed by atoms with Crippen LogP contribution in [-0.2, 0) is 9.59 Å². The Morgan fingerprint density at radius 1 is 1.12 bits per heavy atom. The Labute approximate surface area is 106 Å². The predicted molar refractivity (Wildman–Crippen MR) is 63.4 cm³/mol. The fourth-order valence-corrected chi connectivity index (χ4v) is 4.77. The molecule has 2 atom stereocenters. The van der Waals surface area contributed by atoms with Gasteiger partial charge in [0.1, 0.15) is 5.41 Å². The summed E-state index contributed by atoms with van der Waals surface area (Å²) in [5, 5.41) is -1.16. The molecule has 0 aromatic heterocycles. The average Bonchev–Trinajstić information content (AvgIpc) is 2.46. The van der Waals surface area contributed by atoms with Crippen LogP contribution in [0.3, 0.4) is 0 Å². The van der Waals surface area contributed by atoms with Gasteiger partial charge in [0.2, 0.25) is 10.5 Å². The van der Waals surface area contributed by atoms with Crippen molar-refractivity contribution in [2.45, 2.75) is 40.0 Å². The van der Waals surface area contributed by atoms with Crippen molar-refractivity contribution in [3.63, 3.8) is 0 Å². The number of halogens is 2. The lowest BCUT2D eigenvalue weighted by molar-refractivity contribution is -0.141. The molecule has 2 nitrogen and oxygen atoms in total. The van der Waals surface area contributed by atoms with Gasteiger partial charge >= 0.3 is 0 Å². The minimum absolute atomic E-state index is 0.0535. The van der Waals surface area contributed by atoms with Crippen molar-refractivity contribution >= 4 is 33.7 Å². The van der Waals surface area contributed by atoms with Crippen molar-refractivity contribution in [2.75, 3.05) is 0 Å². The molecule has 90 valence electrons. The van der Waals surface area contributed by atoms with E-state index in [-0.39, 0.29) is 5.41 Å². The molecule has 0 aliphatic heterocycles. The zero-order chi connectivity index (χ0) is 12.4. The zero-order valence-corrected chi connectivity index (χ0v) is 11.3. The van der Waals surface area contributed by atoms with Crippen LogP contribution in [0.1, 0.15) is 40.0 Å². The number of fused-ring (bicyclic) bond motifs is 2. The molecular formula is C12H16Cl2O2. The van der Waals surface area contributed by atoms with Gasteiger partial charge < -0.3 is 0 Å². The Morgan fingerprint density at radius 3 is 1.81 bits per heavy atom. The molecule has 0 spiro atoms. The molecule has 4 heteroatoms. The van der Waals surface area contributed by atoms with E-state index in [1.165, 1.54) is 0 Å². The summed E-state index contributed by atoms with van der Waals surface area (Å²) in [6.45, 7) is 6.22. The van der Waals surface area contributed by atoms with E-state index in [2.05, 4.69) is 13.8 Å². The highest BCUT2D eigenvalue weighted by molar-refractivity contribution is 6.74. The van der Waals surface area contributed by atoms with Crippen LogP contribution in [0.2, 0.25) is 0 Å². The molecule has 2 unspecified atom stereocenters. The van der Waals surface area contributed by atoms with Gasteiger partial charge in [0.15, 0.2) is 0 Å². The van der Waals surface area contributed by atoms with Gasteiger partial charge in [-0.05, 0) is 59.2 Å². The van der Waals surface area contributed by atoms with Crippen LogP contribution in [0.5, 0.6) is 0 Å². The van der Waals surface area contributed by atoms with Gasteiger partial charge in [-0.1, -0.05) is 20.8 Å². The second-order valence-corrected chi connectivity index (χ2v) is 6.63. The highest BCUT2D eigenvalue weighted by Gasteiger charge is 2.73. The molecule has 0 aromatic rings. The van der Waals surface area contributed by atoms with E-state index < -0.39 is 21.3 Å². The van der Waals surface area contributed by atoms with Gasteiger partial charge in [-0.2, -0.15) is 0 Å². The normalized spacial score (nSPS) is 38.7. The molecule has 0 amide bonds. The van der Waals surface area contributed by atoms with Crippen molar-refractivity contribution in [2.24, 2.45) is 22.2 Å². The van der Waals surface area contributed by atoms with Crippen LogP contribution in [0.25, 0.3) is 0 Å². The van der Waals surface area contributed by atoms with Crippen molar-refractivity contribution in [1.82, 2.24) is 0 Å². The Morgan fingerprint density at radius 2 is 1.62 bits per heavy atom. The molecule has 16 heavy (non-hydrogen) atoms. The van der Waals surface area contributed by atoms with E-state index in [0.29, 0.717) is 12.3 Å². The fourth-order valence-electron chi connectivity index (χ4n) is 3.98. The summed E-state index contributed by atoms with van der Waals surface area (Å²) < 4.78 is 0. The highest BCUT2D eigenvalue weighted by Crippen LogP contribution is 2.74. The molecular weight excluding hydrogens is 247 g/mol. The van der Waals surface area contributed by atoms with Crippen LogP contribution < -0.4 is 0 Å². The molecule has 0 N–H and O–H groups in total. The second-order valence-electron chi connectivity index (χ2n) is 5.95.